The van der Waals surface area contributed by atoms with E-state index < -0.39 is 12.1 Å². The molecule has 0 heterocycles. The van der Waals surface area contributed by atoms with E-state index in [4.69, 9.17) is 19.9 Å². The van der Waals surface area contributed by atoms with Gasteiger partial charge in [-0.3, -0.25) is 0 Å². The molecule has 1 aliphatic carbocycles. The summed E-state index contributed by atoms with van der Waals surface area (Å²) in [7, 11) is 1.62. The second-order valence-electron chi connectivity index (χ2n) is 9.55. The zero-order valence-corrected chi connectivity index (χ0v) is 21.0. The third kappa shape index (κ3) is 5.79. The van der Waals surface area contributed by atoms with Crippen LogP contribution in [0.4, 0.5) is 0 Å². The second kappa shape index (κ2) is 11.5. The Bertz CT molecular complexity index is 1310. The Labute approximate surface area is 218 Å². The lowest BCUT2D eigenvalue weighted by Crippen LogP contribution is -2.36. The minimum Gasteiger partial charge on any atom is -0.497 e. The van der Waals surface area contributed by atoms with Crippen molar-refractivity contribution in [2.24, 2.45) is 11.7 Å². The molecule has 0 spiro atoms. The molecule has 3 N–H and O–H groups in total. The molecule has 0 bridgehead atoms. The fraction of sp³-hybridized carbons (Fsp3) is 0.250. The first-order chi connectivity index (χ1) is 18.1. The molecule has 0 fully saturated rings. The number of aliphatic hydroxyl groups excluding tert-OH is 1. The lowest BCUT2D eigenvalue weighted by atomic mass is 9.89. The number of nitrogens with two attached hydrogens (primary N) is 1. The molecule has 4 aromatic rings. The number of fused-ring (bicyclic) bond motifs is 1. The molecule has 0 aliphatic heterocycles. The van der Waals surface area contributed by atoms with Gasteiger partial charge in [0.05, 0.1) is 13.2 Å². The Kier molecular flexibility index (Phi) is 7.73. The largest absolute Gasteiger partial charge is 0.497 e. The van der Waals surface area contributed by atoms with Gasteiger partial charge in [0, 0.05) is 11.6 Å². The van der Waals surface area contributed by atoms with E-state index in [2.05, 4.69) is 18.2 Å². The van der Waals surface area contributed by atoms with Gasteiger partial charge in [0.2, 0.25) is 0 Å². The van der Waals surface area contributed by atoms with Gasteiger partial charge in [0.1, 0.15) is 19.0 Å². The molecule has 0 aromatic heterocycles. The molecule has 1 aliphatic rings. The highest BCUT2D eigenvalue weighted by Crippen LogP contribution is 2.43. The number of hydrogen-bond donors (Lipinski definition) is 2. The summed E-state index contributed by atoms with van der Waals surface area (Å²) in [6.45, 7) is 0.904. The molecule has 3 unspecified atom stereocenters. The van der Waals surface area contributed by atoms with Crippen LogP contribution in [-0.4, -0.2) is 18.3 Å². The Morgan fingerprint density at radius 1 is 0.811 bits per heavy atom. The van der Waals surface area contributed by atoms with Gasteiger partial charge >= 0.3 is 0 Å². The van der Waals surface area contributed by atoms with Crippen LogP contribution in [0.25, 0.3) is 0 Å². The van der Waals surface area contributed by atoms with Crippen LogP contribution in [0.2, 0.25) is 0 Å². The molecule has 0 amide bonds. The number of ether oxygens (including phenoxy) is 3. The average Bonchev–Trinajstić information content (AvgIpc) is 3.40. The van der Waals surface area contributed by atoms with E-state index in [9.17, 15) is 5.11 Å². The molecule has 5 rings (SSSR count). The number of benzene rings is 4. The van der Waals surface area contributed by atoms with Crippen LogP contribution in [0.1, 0.15) is 33.9 Å². The van der Waals surface area contributed by atoms with Crippen molar-refractivity contribution in [3.8, 4) is 17.2 Å². The minimum absolute atomic E-state index is 0.0691. The summed E-state index contributed by atoms with van der Waals surface area (Å²) in [6.07, 6.45) is 0.694. The Morgan fingerprint density at radius 2 is 1.49 bits per heavy atom. The van der Waals surface area contributed by atoms with Crippen molar-refractivity contribution in [3.05, 3.63) is 125 Å². The molecule has 37 heavy (non-hydrogen) atoms. The zero-order chi connectivity index (χ0) is 25.6. The minimum atomic E-state index is -0.795. The Hall–Kier alpha value is -3.80. The van der Waals surface area contributed by atoms with Crippen molar-refractivity contribution in [2.45, 2.75) is 38.2 Å². The Balaban J connectivity index is 1.38. The first-order valence-electron chi connectivity index (χ1n) is 12.7. The number of hydrogen-bond acceptors (Lipinski definition) is 5. The van der Waals surface area contributed by atoms with E-state index in [1.54, 1.807) is 7.11 Å². The fourth-order valence-corrected chi connectivity index (χ4v) is 4.99. The molecule has 190 valence electrons. The first-order valence-corrected chi connectivity index (χ1v) is 12.7. The number of rotatable bonds is 10. The van der Waals surface area contributed by atoms with Crippen LogP contribution < -0.4 is 19.9 Å². The summed E-state index contributed by atoms with van der Waals surface area (Å²) in [5.41, 5.74) is 11.9. The SMILES string of the molecule is COc1cccc(C(O)C(N)C2Cc3ccc(OCc4ccccc4)c(OCc4ccccc4)c3C2)c1. The van der Waals surface area contributed by atoms with Crippen LogP contribution in [0.5, 0.6) is 17.2 Å². The van der Waals surface area contributed by atoms with Gasteiger partial charge in [-0.05, 0) is 59.2 Å². The molecule has 3 atom stereocenters. The van der Waals surface area contributed by atoms with E-state index in [1.165, 1.54) is 5.56 Å². The first kappa shape index (κ1) is 24.9. The van der Waals surface area contributed by atoms with Crippen molar-refractivity contribution in [1.82, 2.24) is 0 Å². The smallest absolute Gasteiger partial charge is 0.165 e. The van der Waals surface area contributed by atoms with Crippen molar-refractivity contribution >= 4 is 0 Å². The predicted octanol–water partition coefficient (Wildman–Crippen LogP) is 5.63. The normalized spacial score (nSPS) is 16.0. The van der Waals surface area contributed by atoms with Gasteiger partial charge in [-0.2, -0.15) is 0 Å². The van der Waals surface area contributed by atoms with Crippen molar-refractivity contribution < 1.29 is 19.3 Å². The molecule has 5 heteroatoms. The molecular weight excluding hydrogens is 462 g/mol. The van der Waals surface area contributed by atoms with Crippen molar-refractivity contribution in [2.75, 3.05) is 7.11 Å². The highest BCUT2D eigenvalue weighted by molar-refractivity contribution is 5.53. The van der Waals surface area contributed by atoms with Crippen LogP contribution in [0.3, 0.4) is 0 Å². The van der Waals surface area contributed by atoms with Gasteiger partial charge in [-0.25, -0.2) is 0 Å². The highest BCUT2D eigenvalue weighted by atomic mass is 16.5. The van der Waals surface area contributed by atoms with E-state index >= 15 is 0 Å². The highest BCUT2D eigenvalue weighted by Gasteiger charge is 2.34. The van der Waals surface area contributed by atoms with Gasteiger partial charge in [-0.1, -0.05) is 78.9 Å². The van der Waals surface area contributed by atoms with E-state index in [0.717, 1.165) is 40.2 Å². The Morgan fingerprint density at radius 3 is 2.16 bits per heavy atom. The third-order valence-corrected chi connectivity index (χ3v) is 7.08. The standard InChI is InChI=1S/C32H33NO4/c1-35-27-14-8-13-25(18-27)31(34)30(33)26-17-24-15-16-29(36-20-22-9-4-2-5-10-22)32(28(24)19-26)37-21-23-11-6-3-7-12-23/h2-16,18,26,30-31,34H,17,19-21,33H2,1H3. The number of methoxy groups -OCH3 is 1. The van der Waals surface area contributed by atoms with Crippen LogP contribution >= 0.6 is 0 Å². The molecule has 0 saturated heterocycles. The molecule has 0 radical (unpaired) electrons. The maximum absolute atomic E-state index is 11.1. The zero-order valence-electron chi connectivity index (χ0n) is 21.0. The summed E-state index contributed by atoms with van der Waals surface area (Å²) in [5, 5.41) is 11.1. The van der Waals surface area contributed by atoms with E-state index in [-0.39, 0.29) is 5.92 Å². The van der Waals surface area contributed by atoms with Gasteiger partial charge < -0.3 is 25.1 Å². The van der Waals surface area contributed by atoms with Crippen LogP contribution in [0, 0.1) is 5.92 Å². The molecule has 4 aromatic carbocycles. The lowest BCUT2D eigenvalue weighted by molar-refractivity contribution is 0.119. The quantitative estimate of drug-likeness (QED) is 0.298. The lowest BCUT2D eigenvalue weighted by Gasteiger charge is -2.25. The van der Waals surface area contributed by atoms with Crippen LogP contribution in [0.15, 0.2) is 97.1 Å². The molecular formula is C32H33NO4. The van der Waals surface area contributed by atoms with Gasteiger partial charge in [0.15, 0.2) is 11.5 Å². The summed E-state index contributed by atoms with van der Waals surface area (Å²) in [4.78, 5) is 0. The number of aliphatic hydroxyl groups is 1. The molecule has 0 saturated carbocycles. The van der Waals surface area contributed by atoms with Crippen molar-refractivity contribution in [3.63, 3.8) is 0 Å². The maximum Gasteiger partial charge on any atom is 0.165 e. The monoisotopic (exact) mass is 495 g/mol. The summed E-state index contributed by atoms with van der Waals surface area (Å²) in [6, 6.07) is 31.4. The predicted molar refractivity (Wildman–Crippen MR) is 145 cm³/mol. The summed E-state index contributed by atoms with van der Waals surface area (Å²) < 4.78 is 18.0. The third-order valence-electron chi connectivity index (χ3n) is 7.08. The summed E-state index contributed by atoms with van der Waals surface area (Å²) in [5.74, 6) is 2.26. The van der Waals surface area contributed by atoms with Gasteiger partial charge in [0.25, 0.3) is 0 Å². The van der Waals surface area contributed by atoms with E-state index in [1.807, 2.05) is 78.9 Å². The summed E-state index contributed by atoms with van der Waals surface area (Å²) >= 11 is 0. The van der Waals surface area contributed by atoms with Gasteiger partial charge in [-0.15, -0.1) is 0 Å². The van der Waals surface area contributed by atoms with E-state index in [0.29, 0.717) is 25.4 Å². The molecule has 5 nitrogen and oxygen atoms in total. The maximum atomic E-state index is 11.1. The fourth-order valence-electron chi connectivity index (χ4n) is 4.99. The van der Waals surface area contributed by atoms with Crippen LogP contribution in [-0.2, 0) is 26.1 Å². The topological polar surface area (TPSA) is 73.9 Å². The van der Waals surface area contributed by atoms with Crippen molar-refractivity contribution in [1.29, 1.82) is 0 Å². The second-order valence-corrected chi connectivity index (χ2v) is 9.55. The average molecular weight is 496 g/mol.